The second kappa shape index (κ2) is 8.02. The average molecular weight is 379 g/mol. The first-order chi connectivity index (χ1) is 13.6. The molecule has 1 fully saturated rings. The molecular weight excluding hydrogens is 354 g/mol. The number of carbonyl (C=O) groups excluding carboxylic acids is 1. The van der Waals surface area contributed by atoms with Gasteiger partial charge in [0.05, 0.1) is 6.54 Å². The highest BCUT2D eigenvalue weighted by molar-refractivity contribution is 6.02. The normalized spacial score (nSPS) is 15.6. The minimum absolute atomic E-state index is 0.275. The van der Waals surface area contributed by atoms with Crippen LogP contribution < -0.4 is 5.32 Å². The topological polar surface area (TPSA) is 71.5 Å². The van der Waals surface area contributed by atoms with Crippen LogP contribution in [0.25, 0.3) is 11.3 Å². The van der Waals surface area contributed by atoms with Crippen LogP contribution in [0.3, 0.4) is 0 Å². The number of amides is 1. The summed E-state index contributed by atoms with van der Waals surface area (Å²) >= 11 is 0. The number of nitrogens with zero attached hydrogens (tertiary/aromatic N) is 2. The fourth-order valence-corrected chi connectivity index (χ4v) is 3.51. The summed E-state index contributed by atoms with van der Waals surface area (Å²) in [6.45, 7) is 7.05. The number of anilines is 1. The first kappa shape index (κ1) is 18.5. The molecule has 0 saturated carbocycles. The Morgan fingerprint density at radius 1 is 1.18 bits per heavy atom. The zero-order chi connectivity index (χ0) is 19.5. The maximum Gasteiger partial charge on any atom is 0.293 e. The molecule has 146 valence electrons. The summed E-state index contributed by atoms with van der Waals surface area (Å²) in [4.78, 5) is 14.9. The Kier molecular flexibility index (Phi) is 5.30. The van der Waals surface area contributed by atoms with Crippen molar-refractivity contribution in [1.29, 1.82) is 0 Å². The van der Waals surface area contributed by atoms with E-state index in [1.807, 2.05) is 43.3 Å². The van der Waals surface area contributed by atoms with Crippen LogP contribution in [0.4, 0.5) is 5.88 Å². The van der Waals surface area contributed by atoms with Crippen LogP contribution in [0.1, 0.15) is 41.6 Å². The molecule has 1 N–H and O–H groups in total. The van der Waals surface area contributed by atoms with Crippen LogP contribution in [0, 0.1) is 12.8 Å². The molecule has 3 heterocycles. The highest BCUT2D eigenvalue weighted by atomic mass is 16.5. The van der Waals surface area contributed by atoms with Crippen molar-refractivity contribution in [3.05, 3.63) is 59.5 Å². The summed E-state index contributed by atoms with van der Waals surface area (Å²) in [5.41, 5.74) is 2.45. The van der Waals surface area contributed by atoms with Gasteiger partial charge < -0.3 is 8.94 Å². The minimum atomic E-state index is -0.336. The molecule has 0 aliphatic carbocycles. The number of rotatable bonds is 5. The van der Waals surface area contributed by atoms with Gasteiger partial charge in [0.2, 0.25) is 5.88 Å². The summed E-state index contributed by atoms with van der Waals surface area (Å²) < 4.78 is 11.1. The van der Waals surface area contributed by atoms with E-state index in [0.717, 1.165) is 48.1 Å². The van der Waals surface area contributed by atoms with Gasteiger partial charge in [-0.2, -0.15) is 0 Å². The van der Waals surface area contributed by atoms with Crippen LogP contribution in [0.5, 0.6) is 0 Å². The predicted octanol–water partition coefficient (Wildman–Crippen LogP) is 4.73. The molecule has 28 heavy (non-hydrogen) atoms. The molecule has 3 aromatic rings. The Balaban J connectivity index is 1.41. The molecule has 0 atom stereocenters. The molecule has 1 aromatic carbocycles. The molecule has 0 spiro atoms. The lowest BCUT2D eigenvalue weighted by molar-refractivity contribution is 0.0988. The Hall–Kier alpha value is -2.86. The van der Waals surface area contributed by atoms with E-state index >= 15 is 0 Å². The van der Waals surface area contributed by atoms with Crippen molar-refractivity contribution in [2.24, 2.45) is 5.92 Å². The Bertz CT molecular complexity index is 937. The van der Waals surface area contributed by atoms with Crippen LogP contribution >= 0.6 is 0 Å². The van der Waals surface area contributed by atoms with Crippen molar-refractivity contribution in [3.8, 4) is 11.3 Å². The standard InChI is InChI=1S/C22H25N3O3/c1-15-10-12-25(13-11-15)14-18-8-9-19(27-18)21(26)23-22-16(2)20(24-28-22)17-6-4-3-5-7-17/h3-9,15H,10-14H2,1-2H3,(H,23,26). The van der Waals surface area contributed by atoms with Crippen molar-refractivity contribution >= 4 is 11.8 Å². The SMILES string of the molecule is Cc1c(-c2ccccc2)noc1NC(=O)c1ccc(CN2CCC(C)CC2)o1. The molecule has 4 rings (SSSR count). The smallest absolute Gasteiger partial charge is 0.293 e. The van der Waals surface area contributed by atoms with Crippen molar-refractivity contribution in [2.75, 3.05) is 18.4 Å². The largest absolute Gasteiger partial charge is 0.455 e. The summed E-state index contributed by atoms with van der Waals surface area (Å²) in [6.07, 6.45) is 2.42. The second-order valence-electron chi connectivity index (χ2n) is 7.53. The van der Waals surface area contributed by atoms with E-state index in [1.54, 1.807) is 6.07 Å². The monoisotopic (exact) mass is 379 g/mol. The fraction of sp³-hybridized carbons (Fsp3) is 0.364. The zero-order valence-electron chi connectivity index (χ0n) is 16.3. The molecule has 0 radical (unpaired) electrons. The van der Waals surface area contributed by atoms with Crippen molar-refractivity contribution in [2.45, 2.75) is 33.2 Å². The van der Waals surface area contributed by atoms with Gasteiger partial charge in [0, 0.05) is 11.1 Å². The van der Waals surface area contributed by atoms with Crippen molar-refractivity contribution in [3.63, 3.8) is 0 Å². The number of hydrogen-bond acceptors (Lipinski definition) is 5. The predicted molar refractivity (Wildman–Crippen MR) is 107 cm³/mol. The second-order valence-corrected chi connectivity index (χ2v) is 7.53. The first-order valence-electron chi connectivity index (χ1n) is 9.74. The molecule has 1 amide bonds. The van der Waals surface area contributed by atoms with Gasteiger partial charge in [-0.25, -0.2) is 0 Å². The van der Waals surface area contributed by atoms with Gasteiger partial charge in [-0.1, -0.05) is 42.4 Å². The molecule has 1 aliphatic heterocycles. The van der Waals surface area contributed by atoms with Crippen LogP contribution in [-0.2, 0) is 6.54 Å². The number of benzene rings is 1. The number of aromatic nitrogens is 1. The third-order valence-corrected chi connectivity index (χ3v) is 5.34. The molecule has 6 heteroatoms. The van der Waals surface area contributed by atoms with Gasteiger partial charge in [0.1, 0.15) is 11.5 Å². The first-order valence-corrected chi connectivity index (χ1v) is 9.74. The number of carbonyl (C=O) groups is 1. The molecule has 0 unspecified atom stereocenters. The quantitative estimate of drug-likeness (QED) is 0.694. The van der Waals surface area contributed by atoms with Gasteiger partial charge in [-0.3, -0.25) is 15.0 Å². The molecule has 1 aliphatic rings. The van der Waals surface area contributed by atoms with E-state index in [-0.39, 0.29) is 11.7 Å². The summed E-state index contributed by atoms with van der Waals surface area (Å²) in [5, 5.41) is 6.86. The average Bonchev–Trinajstić information content (AvgIpc) is 3.32. The Morgan fingerprint density at radius 2 is 1.93 bits per heavy atom. The lowest BCUT2D eigenvalue weighted by Crippen LogP contribution is -2.32. The summed E-state index contributed by atoms with van der Waals surface area (Å²) in [6, 6.07) is 13.3. The fourth-order valence-electron chi connectivity index (χ4n) is 3.51. The van der Waals surface area contributed by atoms with E-state index in [2.05, 4.69) is 22.3 Å². The maximum atomic E-state index is 12.6. The number of nitrogens with one attached hydrogen (secondary N) is 1. The van der Waals surface area contributed by atoms with Crippen LogP contribution in [-0.4, -0.2) is 29.1 Å². The van der Waals surface area contributed by atoms with E-state index < -0.39 is 0 Å². The van der Waals surface area contributed by atoms with Crippen molar-refractivity contribution < 1.29 is 13.7 Å². The van der Waals surface area contributed by atoms with E-state index in [1.165, 1.54) is 12.8 Å². The molecule has 2 aromatic heterocycles. The molecule has 1 saturated heterocycles. The number of likely N-dealkylation sites (tertiary alicyclic amines) is 1. The minimum Gasteiger partial charge on any atom is -0.455 e. The van der Waals surface area contributed by atoms with E-state index in [9.17, 15) is 4.79 Å². The van der Waals surface area contributed by atoms with E-state index in [0.29, 0.717) is 5.88 Å². The third-order valence-electron chi connectivity index (χ3n) is 5.34. The van der Waals surface area contributed by atoms with Crippen LogP contribution in [0.2, 0.25) is 0 Å². The molecule has 0 bridgehead atoms. The molecular formula is C22H25N3O3. The zero-order valence-corrected chi connectivity index (χ0v) is 16.3. The summed E-state index contributed by atoms with van der Waals surface area (Å²) in [7, 11) is 0. The van der Waals surface area contributed by atoms with Gasteiger partial charge in [-0.15, -0.1) is 0 Å². The van der Waals surface area contributed by atoms with Gasteiger partial charge in [-0.05, 0) is 50.9 Å². The van der Waals surface area contributed by atoms with Gasteiger partial charge in [0.15, 0.2) is 5.76 Å². The third kappa shape index (κ3) is 4.02. The van der Waals surface area contributed by atoms with E-state index in [4.69, 9.17) is 8.94 Å². The van der Waals surface area contributed by atoms with Crippen molar-refractivity contribution in [1.82, 2.24) is 10.1 Å². The maximum absolute atomic E-state index is 12.6. The summed E-state index contributed by atoms with van der Waals surface area (Å²) in [5.74, 6) is 1.88. The van der Waals surface area contributed by atoms with Gasteiger partial charge in [0.25, 0.3) is 5.91 Å². The van der Waals surface area contributed by atoms with Gasteiger partial charge >= 0.3 is 0 Å². The highest BCUT2D eigenvalue weighted by Crippen LogP contribution is 2.28. The lowest BCUT2D eigenvalue weighted by Gasteiger charge is -2.29. The lowest BCUT2D eigenvalue weighted by atomic mass is 9.99. The number of hydrogen-bond donors (Lipinski definition) is 1. The number of piperidine rings is 1. The Labute approximate surface area is 164 Å². The highest BCUT2D eigenvalue weighted by Gasteiger charge is 2.20. The number of furan rings is 1. The molecule has 6 nitrogen and oxygen atoms in total. The Morgan fingerprint density at radius 3 is 2.68 bits per heavy atom. The van der Waals surface area contributed by atoms with Crippen LogP contribution in [0.15, 0.2) is 51.4 Å².